The first-order valence-electron chi connectivity index (χ1n) is 10.5. The monoisotopic (exact) mass is 414 g/mol. The van der Waals surface area contributed by atoms with Crippen LogP contribution in [0.4, 0.5) is 14.5 Å². The van der Waals surface area contributed by atoms with Gasteiger partial charge >= 0.3 is 0 Å². The van der Waals surface area contributed by atoms with Crippen LogP contribution in [0.15, 0.2) is 42.5 Å². The quantitative estimate of drug-likeness (QED) is 0.703. The van der Waals surface area contributed by atoms with E-state index in [9.17, 15) is 18.4 Å². The SMILES string of the molecule is Cc1cc(F)ccc1NC(=O)CC[C@@H]1CCCN(C(=O)CCc2ccccc2F)C1. The molecule has 3 rings (SSSR count). The first-order valence-corrected chi connectivity index (χ1v) is 10.5. The van der Waals surface area contributed by atoms with E-state index in [-0.39, 0.29) is 35.8 Å². The van der Waals surface area contributed by atoms with Crippen LogP contribution in [0.3, 0.4) is 0 Å². The minimum Gasteiger partial charge on any atom is -0.342 e. The lowest BCUT2D eigenvalue weighted by molar-refractivity contribution is -0.133. The van der Waals surface area contributed by atoms with E-state index in [1.165, 1.54) is 18.2 Å². The molecule has 1 aliphatic rings. The highest BCUT2D eigenvalue weighted by Gasteiger charge is 2.24. The number of hydrogen-bond acceptors (Lipinski definition) is 2. The van der Waals surface area contributed by atoms with E-state index < -0.39 is 0 Å². The second kappa shape index (κ2) is 10.3. The summed E-state index contributed by atoms with van der Waals surface area (Å²) in [6.45, 7) is 3.11. The van der Waals surface area contributed by atoms with Gasteiger partial charge in [0.1, 0.15) is 11.6 Å². The molecule has 0 spiro atoms. The van der Waals surface area contributed by atoms with Gasteiger partial charge in [-0.1, -0.05) is 18.2 Å². The Morgan fingerprint density at radius 1 is 1.13 bits per heavy atom. The van der Waals surface area contributed by atoms with Gasteiger partial charge in [0.2, 0.25) is 11.8 Å². The van der Waals surface area contributed by atoms with Gasteiger partial charge in [0, 0.05) is 31.6 Å². The van der Waals surface area contributed by atoms with Crippen LogP contribution in [-0.4, -0.2) is 29.8 Å². The topological polar surface area (TPSA) is 49.4 Å². The standard InChI is InChI=1S/C24H28F2N2O2/c1-17-15-20(25)10-11-22(17)27-23(29)12-8-18-5-4-14-28(16-18)24(30)13-9-19-6-2-3-7-21(19)26/h2-3,6-7,10-11,15,18H,4-5,8-9,12-14,16H2,1H3,(H,27,29)/t18-/m0/s1. The lowest BCUT2D eigenvalue weighted by Gasteiger charge is -2.33. The zero-order valence-electron chi connectivity index (χ0n) is 17.3. The van der Waals surface area contributed by atoms with Crippen LogP contribution in [0.5, 0.6) is 0 Å². The number of rotatable bonds is 7. The van der Waals surface area contributed by atoms with E-state index in [1.807, 2.05) is 4.90 Å². The molecule has 1 saturated heterocycles. The highest BCUT2D eigenvalue weighted by molar-refractivity contribution is 5.91. The third kappa shape index (κ3) is 6.12. The maximum atomic E-state index is 13.7. The number of benzene rings is 2. The maximum absolute atomic E-state index is 13.7. The van der Waals surface area contributed by atoms with E-state index >= 15 is 0 Å². The fourth-order valence-electron chi connectivity index (χ4n) is 3.94. The first-order chi connectivity index (χ1) is 14.4. The highest BCUT2D eigenvalue weighted by Crippen LogP contribution is 2.23. The molecule has 1 atom stereocenters. The van der Waals surface area contributed by atoms with E-state index in [4.69, 9.17) is 0 Å². The molecule has 0 aliphatic carbocycles. The third-order valence-electron chi connectivity index (χ3n) is 5.68. The number of hydrogen-bond donors (Lipinski definition) is 1. The largest absolute Gasteiger partial charge is 0.342 e. The predicted octanol–water partition coefficient (Wildman–Crippen LogP) is 4.86. The number of carbonyl (C=O) groups excluding carboxylic acids is 2. The van der Waals surface area contributed by atoms with Crippen LogP contribution in [0.2, 0.25) is 0 Å². The molecule has 1 fully saturated rings. The highest BCUT2D eigenvalue weighted by atomic mass is 19.1. The Balaban J connectivity index is 1.44. The fourth-order valence-corrected chi connectivity index (χ4v) is 3.94. The molecule has 160 valence electrons. The molecule has 2 amide bonds. The Morgan fingerprint density at radius 3 is 2.70 bits per heavy atom. The summed E-state index contributed by atoms with van der Waals surface area (Å²) >= 11 is 0. The molecule has 0 bridgehead atoms. The van der Waals surface area contributed by atoms with Gasteiger partial charge < -0.3 is 10.2 Å². The van der Waals surface area contributed by atoms with Crippen LogP contribution in [-0.2, 0) is 16.0 Å². The minimum atomic E-state index is -0.326. The van der Waals surface area contributed by atoms with Gasteiger partial charge in [-0.2, -0.15) is 0 Å². The van der Waals surface area contributed by atoms with Gasteiger partial charge in [0.15, 0.2) is 0 Å². The second-order valence-electron chi connectivity index (χ2n) is 7.99. The van der Waals surface area contributed by atoms with Crippen molar-refractivity contribution < 1.29 is 18.4 Å². The number of halogens is 2. The molecule has 0 unspecified atom stereocenters. The summed E-state index contributed by atoms with van der Waals surface area (Å²) in [5.74, 6) is -0.394. The number of likely N-dealkylation sites (tertiary alicyclic amines) is 1. The molecule has 1 heterocycles. The van der Waals surface area contributed by atoms with Gasteiger partial charge in [-0.3, -0.25) is 9.59 Å². The lowest BCUT2D eigenvalue weighted by Crippen LogP contribution is -2.40. The Labute approximate surface area is 176 Å². The molecule has 0 radical (unpaired) electrons. The number of nitrogens with zero attached hydrogens (tertiary/aromatic N) is 1. The summed E-state index contributed by atoms with van der Waals surface area (Å²) in [6, 6.07) is 10.8. The van der Waals surface area contributed by atoms with Crippen molar-refractivity contribution in [3.8, 4) is 0 Å². The summed E-state index contributed by atoms with van der Waals surface area (Å²) in [7, 11) is 0. The number of nitrogens with one attached hydrogen (secondary N) is 1. The fraction of sp³-hybridized carbons (Fsp3) is 0.417. The average molecular weight is 414 g/mol. The Kier molecular flexibility index (Phi) is 7.55. The van der Waals surface area contributed by atoms with Crippen LogP contribution in [0.25, 0.3) is 0 Å². The Bertz CT molecular complexity index is 901. The predicted molar refractivity (Wildman–Crippen MR) is 113 cm³/mol. The smallest absolute Gasteiger partial charge is 0.224 e. The lowest BCUT2D eigenvalue weighted by atomic mass is 9.93. The van der Waals surface area contributed by atoms with Crippen molar-refractivity contribution in [1.29, 1.82) is 0 Å². The van der Waals surface area contributed by atoms with Crippen molar-refractivity contribution in [3.63, 3.8) is 0 Å². The number of carbonyl (C=O) groups is 2. The van der Waals surface area contributed by atoms with Crippen molar-refractivity contribution >= 4 is 17.5 Å². The molecule has 2 aromatic rings. The zero-order valence-corrected chi connectivity index (χ0v) is 17.3. The Morgan fingerprint density at radius 2 is 1.93 bits per heavy atom. The van der Waals surface area contributed by atoms with E-state index in [0.29, 0.717) is 49.2 Å². The molecule has 2 aromatic carbocycles. The summed E-state index contributed by atoms with van der Waals surface area (Å²) in [5, 5.41) is 2.83. The molecule has 30 heavy (non-hydrogen) atoms. The Hall–Kier alpha value is -2.76. The van der Waals surface area contributed by atoms with Gasteiger partial charge in [0.25, 0.3) is 0 Å². The van der Waals surface area contributed by atoms with Crippen LogP contribution < -0.4 is 5.32 Å². The number of amides is 2. The molecular formula is C24H28F2N2O2. The average Bonchev–Trinajstić information content (AvgIpc) is 2.74. The van der Waals surface area contributed by atoms with E-state index in [2.05, 4.69) is 5.32 Å². The molecule has 1 aliphatic heterocycles. The van der Waals surface area contributed by atoms with Crippen molar-refractivity contribution in [2.45, 2.75) is 45.4 Å². The first kappa shape index (κ1) is 21.9. The van der Waals surface area contributed by atoms with Crippen LogP contribution in [0, 0.1) is 24.5 Å². The number of anilines is 1. The summed E-state index contributed by atoms with van der Waals surface area (Å²) in [6.07, 6.45) is 3.64. The molecule has 4 nitrogen and oxygen atoms in total. The molecule has 0 aromatic heterocycles. The van der Waals surface area contributed by atoms with Gasteiger partial charge in [-0.05, 0) is 73.9 Å². The summed E-state index contributed by atoms with van der Waals surface area (Å²) < 4.78 is 26.9. The van der Waals surface area contributed by atoms with E-state index in [0.717, 1.165) is 12.8 Å². The van der Waals surface area contributed by atoms with Crippen molar-refractivity contribution in [2.24, 2.45) is 5.92 Å². The number of piperidine rings is 1. The van der Waals surface area contributed by atoms with Crippen molar-refractivity contribution in [1.82, 2.24) is 4.90 Å². The second-order valence-corrected chi connectivity index (χ2v) is 7.99. The van der Waals surface area contributed by atoms with Gasteiger partial charge in [-0.15, -0.1) is 0 Å². The minimum absolute atomic E-state index is 0.0364. The zero-order chi connectivity index (χ0) is 21.5. The van der Waals surface area contributed by atoms with Crippen LogP contribution in [0.1, 0.15) is 43.2 Å². The summed E-state index contributed by atoms with van der Waals surface area (Å²) in [4.78, 5) is 26.7. The summed E-state index contributed by atoms with van der Waals surface area (Å²) in [5.41, 5.74) is 1.87. The third-order valence-corrected chi connectivity index (χ3v) is 5.68. The van der Waals surface area contributed by atoms with Crippen molar-refractivity contribution in [2.75, 3.05) is 18.4 Å². The number of aryl methyl sites for hydroxylation is 2. The van der Waals surface area contributed by atoms with Gasteiger partial charge in [-0.25, -0.2) is 8.78 Å². The molecule has 0 saturated carbocycles. The maximum Gasteiger partial charge on any atom is 0.224 e. The molecule has 6 heteroatoms. The normalized spacial score (nSPS) is 16.4. The molecular weight excluding hydrogens is 386 g/mol. The van der Waals surface area contributed by atoms with Gasteiger partial charge in [0.05, 0.1) is 0 Å². The molecule has 1 N–H and O–H groups in total. The van der Waals surface area contributed by atoms with Crippen LogP contribution >= 0.6 is 0 Å². The van der Waals surface area contributed by atoms with Crippen molar-refractivity contribution in [3.05, 3.63) is 65.2 Å². The van der Waals surface area contributed by atoms with E-state index in [1.54, 1.807) is 31.2 Å².